The minimum atomic E-state index is 0.459. The lowest BCUT2D eigenvalue weighted by molar-refractivity contribution is 0.0909. The highest BCUT2D eigenvalue weighted by Gasteiger charge is 2.32. The van der Waals surface area contributed by atoms with Crippen molar-refractivity contribution in [2.24, 2.45) is 18.7 Å². The second-order valence-electron chi connectivity index (χ2n) is 5.05. The van der Waals surface area contributed by atoms with Crippen LogP contribution in [0.5, 0.6) is 0 Å². The van der Waals surface area contributed by atoms with Gasteiger partial charge in [0.1, 0.15) is 0 Å². The van der Waals surface area contributed by atoms with E-state index in [1.807, 2.05) is 12.5 Å². The van der Waals surface area contributed by atoms with Crippen molar-refractivity contribution in [3.05, 3.63) is 18.2 Å². The highest BCUT2D eigenvalue weighted by Crippen LogP contribution is 2.35. The first-order chi connectivity index (χ1) is 8.27. The largest absolute Gasteiger partial charge is 0.336 e. The average Bonchev–Trinajstić information content (AvgIpc) is 2.75. The lowest BCUT2D eigenvalue weighted by Gasteiger charge is -2.41. The minimum absolute atomic E-state index is 0.459. The molecule has 1 aromatic rings. The molecule has 1 aliphatic heterocycles. The van der Waals surface area contributed by atoms with Gasteiger partial charge in [0, 0.05) is 13.2 Å². The highest BCUT2D eigenvalue weighted by atomic mass is 15.2. The summed E-state index contributed by atoms with van der Waals surface area (Å²) in [5.74, 6) is 0.575. The third-order valence-corrected chi connectivity index (χ3v) is 3.83. The van der Waals surface area contributed by atoms with Crippen molar-refractivity contribution in [1.29, 1.82) is 0 Å². The molecule has 0 radical (unpaired) electrons. The van der Waals surface area contributed by atoms with E-state index >= 15 is 0 Å². The Bertz CT molecular complexity index is 345. The van der Waals surface area contributed by atoms with E-state index in [0.29, 0.717) is 12.0 Å². The van der Waals surface area contributed by atoms with Crippen molar-refractivity contribution < 1.29 is 0 Å². The third kappa shape index (κ3) is 2.53. The standard InChI is InChI=1S/C13H24N4/c1-3-6-17-7-4-5-11(8-14)13(17)12-9-15-10-16(12)2/h9-11,13H,3-8,14H2,1-2H3. The van der Waals surface area contributed by atoms with E-state index in [1.165, 1.54) is 31.5 Å². The van der Waals surface area contributed by atoms with Crippen LogP contribution in [-0.2, 0) is 7.05 Å². The molecule has 0 aromatic carbocycles. The Balaban J connectivity index is 2.25. The number of rotatable bonds is 4. The number of imidazole rings is 1. The van der Waals surface area contributed by atoms with Crippen molar-refractivity contribution in [2.75, 3.05) is 19.6 Å². The predicted octanol–water partition coefficient (Wildman–Crippen LogP) is 1.54. The number of likely N-dealkylation sites (tertiary alicyclic amines) is 1. The molecule has 0 spiro atoms. The molecule has 1 aliphatic rings. The smallest absolute Gasteiger partial charge is 0.0946 e. The van der Waals surface area contributed by atoms with Crippen molar-refractivity contribution in [3.8, 4) is 0 Å². The molecule has 1 aromatic heterocycles. The van der Waals surface area contributed by atoms with E-state index in [2.05, 4.69) is 28.4 Å². The number of piperidine rings is 1. The quantitative estimate of drug-likeness (QED) is 0.862. The monoisotopic (exact) mass is 236 g/mol. The molecule has 0 bridgehead atoms. The topological polar surface area (TPSA) is 47.1 Å². The second kappa shape index (κ2) is 5.65. The van der Waals surface area contributed by atoms with E-state index in [1.54, 1.807) is 0 Å². The van der Waals surface area contributed by atoms with E-state index < -0.39 is 0 Å². The molecule has 17 heavy (non-hydrogen) atoms. The number of hydrogen-bond acceptors (Lipinski definition) is 3. The summed E-state index contributed by atoms with van der Waals surface area (Å²) in [4.78, 5) is 6.84. The van der Waals surface area contributed by atoms with Crippen LogP contribution in [0.25, 0.3) is 0 Å². The van der Waals surface area contributed by atoms with Gasteiger partial charge in [-0.2, -0.15) is 0 Å². The van der Waals surface area contributed by atoms with Gasteiger partial charge in [-0.1, -0.05) is 6.92 Å². The van der Waals surface area contributed by atoms with Gasteiger partial charge in [-0.05, 0) is 44.8 Å². The van der Waals surface area contributed by atoms with Gasteiger partial charge in [-0.15, -0.1) is 0 Å². The van der Waals surface area contributed by atoms with E-state index in [4.69, 9.17) is 5.73 Å². The Morgan fingerprint density at radius 3 is 2.94 bits per heavy atom. The van der Waals surface area contributed by atoms with Gasteiger partial charge < -0.3 is 10.3 Å². The van der Waals surface area contributed by atoms with Crippen LogP contribution in [0.4, 0.5) is 0 Å². The fraction of sp³-hybridized carbons (Fsp3) is 0.769. The Hall–Kier alpha value is -0.870. The molecule has 96 valence electrons. The van der Waals surface area contributed by atoms with Gasteiger partial charge in [0.15, 0.2) is 0 Å². The molecule has 2 unspecified atom stereocenters. The maximum atomic E-state index is 5.95. The molecule has 1 saturated heterocycles. The molecule has 2 atom stereocenters. The fourth-order valence-electron chi connectivity index (χ4n) is 3.02. The zero-order chi connectivity index (χ0) is 12.3. The van der Waals surface area contributed by atoms with Gasteiger partial charge in [0.2, 0.25) is 0 Å². The summed E-state index contributed by atoms with van der Waals surface area (Å²) in [7, 11) is 2.08. The molecule has 1 fully saturated rings. The van der Waals surface area contributed by atoms with Gasteiger partial charge in [-0.3, -0.25) is 4.90 Å². The summed E-state index contributed by atoms with van der Waals surface area (Å²) >= 11 is 0. The van der Waals surface area contributed by atoms with Crippen LogP contribution in [0.2, 0.25) is 0 Å². The molecule has 4 nitrogen and oxygen atoms in total. The third-order valence-electron chi connectivity index (χ3n) is 3.83. The van der Waals surface area contributed by atoms with Crippen LogP contribution in [0.3, 0.4) is 0 Å². The number of nitrogens with zero attached hydrogens (tertiary/aromatic N) is 3. The lowest BCUT2D eigenvalue weighted by atomic mass is 9.87. The van der Waals surface area contributed by atoms with E-state index in [-0.39, 0.29) is 0 Å². The molecule has 2 heterocycles. The zero-order valence-corrected chi connectivity index (χ0v) is 11.0. The average molecular weight is 236 g/mol. The lowest BCUT2D eigenvalue weighted by Crippen LogP contribution is -2.42. The summed E-state index contributed by atoms with van der Waals surface area (Å²) < 4.78 is 2.14. The first kappa shape index (κ1) is 12.6. The van der Waals surface area contributed by atoms with Crippen molar-refractivity contribution in [3.63, 3.8) is 0 Å². The van der Waals surface area contributed by atoms with Crippen molar-refractivity contribution in [2.45, 2.75) is 32.2 Å². The summed E-state index contributed by atoms with van der Waals surface area (Å²) in [6.07, 6.45) is 7.61. The van der Waals surface area contributed by atoms with Gasteiger partial charge in [0.05, 0.1) is 18.1 Å². The first-order valence-electron chi connectivity index (χ1n) is 6.68. The van der Waals surface area contributed by atoms with Crippen LogP contribution in [-0.4, -0.2) is 34.1 Å². The summed E-state index contributed by atoms with van der Waals surface area (Å²) in [5, 5.41) is 0. The van der Waals surface area contributed by atoms with Crippen LogP contribution in [0.1, 0.15) is 37.9 Å². The van der Waals surface area contributed by atoms with Crippen LogP contribution in [0, 0.1) is 5.92 Å². The number of hydrogen-bond donors (Lipinski definition) is 1. The van der Waals surface area contributed by atoms with Gasteiger partial charge >= 0.3 is 0 Å². The minimum Gasteiger partial charge on any atom is -0.336 e. The summed E-state index contributed by atoms with van der Waals surface area (Å²) in [6.45, 7) is 5.37. The summed E-state index contributed by atoms with van der Waals surface area (Å²) in [5.41, 5.74) is 7.27. The van der Waals surface area contributed by atoms with Crippen LogP contribution < -0.4 is 5.73 Å². The van der Waals surface area contributed by atoms with Gasteiger partial charge in [0.25, 0.3) is 0 Å². The Kier molecular flexibility index (Phi) is 4.18. The molecule has 2 rings (SSSR count). The second-order valence-corrected chi connectivity index (χ2v) is 5.05. The predicted molar refractivity (Wildman–Crippen MR) is 69.6 cm³/mol. The van der Waals surface area contributed by atoms with Crippen molar-refractivity contribution >= 4 is 0 Å². The normalized spacial score (nSPS) is 26.3. The fourth-order valence-corrected chi connectivity index (χ4v) is 3.02. The Morgan fingerprint density at radius 2 is 2.35 bits per heavy atom. The molecular weight excluding hydrogens is 212 g/mol. The SMILES string of the molecule is CCCN1CCCC(CN)C1c1cncn1C. The van der Waals surface area contributed by atoms with Crippen LogP contribution in [0.15, 0.2) is 12.5 Å². The summed E-state index contributed by atoms with van der Waals surface area (Å²) in [6, 6.07) is 0.459. The Morgan fingerprint density at radius 1 is 1.53 bits per heavy atom. The number of aryl methyl sites for hydroxylation is 1. The molecular formula is C13H24N4. The molecule has 0 aliphatic carbocycles. The first-order valence-corrected chi connectivity index (χ1v) is 6.68. The highest BCUT2D eigenvalue weighted by molar-refractivity contribution is 5.09. The van der Waals surface area contributed by atoms with Crippen molar-refractivity contribution in [1.82, 2.24) is 14.5 Å². The van der Waals surface area contributed by atoms with E-state index in [0.717, 1.165) is 13.1 Å². The maximum Gasteiger partial charge on any atom is 0.0946 e. The Labute approximate surface area is 104 Å². The molecule has 4 heteroatoms. The van der Waals surface area contributed by atoms with Crippen LogP contribution >= 0.6 is 0 Å². The molecule has 0 amide bonds. The molecule has 0 saturated carbocycles. The van der Waals surface area contributed by atoms with E-state index in [9.17, 15) is 0 Å². The van der Waals surface area contributed by atoms with Gasteiger partial charge in [-0.25, -0.2) is 4.98 Å². The number of aromatic nitrogens is 2. The molecule has 2 N–H and O–H groups in total. The maximum absolute atomic E-state index is 5.95. The number of nitrogens with two attached hydrogens (primary N) is 1. The zero-order valence-electron chi connectivity index (χ0n) is 11.0.